The van der Waals surface area contributed by atoms with Crippen molar-refractivity contribution in [3.8, 4) is 6.01 Å². The second-order valence-corrected chi connectivity index (χ2v) is 5.41. The highest BCUT2D eigenvalue weighted by Gasteiger charge is 2.16. The number of nitrogens with two attached hydrogens (primary N) is 1. The van der Waals surface area contributed by atoms with E-state index in [2.05, 4.69) is 39.0 Å². The third-order valence-corrected chi connectivity index (χ3v) is 2.75. The minimum atomic E-state index is 0.168. The van der Waals surface area contributed by atoms with Crippen molar-refractivity contribution in [1.29, 1.82) is 0 Å². The Hall–Kier alpha value is -1.63. The van der Waals surface area contributed by atoms with Crippen LogP contribution in [0.2, 0.25) is 0 Å². The summed E-state index contributed by atoms with van der Waals surface area (Å²) in [5.74, 6) is 1.07. The van der Waals surface area contributed by atoms with Crippen molar-refractivity contribution in [2.24, 2.45) is 5.92 Å². The summed E-state index contributed by atoms with van der Waals surface area (Å²) in [6.45, 7) is 7.78. The van der Waals surface area contributed by atoms with E-state index in [1.54, 1.807) is 0 Å². The molecule has 3 N–H and O–H groups in total. The van der Waals surface area contributed by atoms with E-state index in [1.807, 2.05) is 21.0 Å². The van der Waals surface area contributed by atoms with Crippen LogP contribution in [0.15, 0.2) is 0 Å². The van der Waals surface area contributed by atoms with Gasteiger partial charge in [0, 0.05) is 12.6 Å². The molecule has 0 saturated carbocycles. The van der Waals surface area contributed by atoms with Gasteiger partial charge in [0.1, 0.15) is 0 Å². The number of nitrogen functional groups attached to an aromatic ring is 1. The van der Waals surface area contributed by atoms with Gasteiger partial charge >= 0.3 is 6.01 Å². The summed E-state index contributed by atoms with van der Waals surface area (Å²) in [5.41, 5.74) is 5.69. The molecule has 0 bridgehead atoms. The van der Waals surface area contributed by atoms with Crippen molar-refractivity contribution in [2.75, 3.05) is 38.3 Å². The molecular formula is C13H26N6O. The quantitative estimate of drug-likeness (QED) is 0.741. The molecule has 7 nitrogen and oxygen atoms in total. The summed E-state index contributed by atoms with van der Waals surface area (Å²) in [4.78, 5) is 14.5. The first-order chi connectivity index (χ1) is 9.42. The molecule has 1 aromatic heterocycles. The molecule has 0 radical (unpaired) electrons. The molecule has 0 aliphatic carbocycles. The number of anilines is 2. The molecule has 0 aliphatic heterocycles. The van der Waals surface area contributed by atoms with Gasteiger partial charge in [-0.3, -0.25) is 0 Å². The summed E-state index contributed by atoms with van der Waals surface area (Å²) in [7, 11) is 4.07. The van der Waals surface area contributed by atoms with Crippen LogP contribution in [-0.2, 0) is 0 Å². The van der Waals surface area contributed by atoms with Gasteiger partial charge in [-0.05, 0) is 26.4 Å². The smallest absolute Gasteiger partial charge is 0.323 e. The first kappa shape index (κ1) is 16.4. The molecule has 7 heteroatoms. The molecule has 1 unspecified atom stereocenters. The summed E-state index contributed by atoms with van der Waals surface area (Å²) in [6, 6.07) is 0.500. The monoisotopic (exact) mass is 282 g/mol. The fourth-order valence-corrected chi connectivity index (χ4v) is 1.68. The van der Waals surface area contributed by atoms with E-state index in [1.165, 1.54) is 0 Å². The number of hydrogen-bond donors (Lipinski definition) is 2. The second-order valence-electron chi connectivity index (χ2n) is 5.41. The van der Waals surface area contributed by atoms with E-state index < -0.39 is 0 Å². The number of nitrogens with zero attached hydrogens (tertiary/aromatic N) is 4. The van der Waals surface area contributed by atoms with Gasteiger partial charge in [-0.2, -0.15) is 15.0 Å². The summed E-state index contributed by atoms with van der Waals surface area (Å²) in [5, 5.41) is 3.30. The molecule has 0 spiro atoms. The Balaban J connectivity index is 2.80. The maximum atomic E-state index is 5.69. The molecule has 0 aromatic carbocycles. The van der Waals surface area contributed by atoms with Crippen LogP contribution in [0.3, 0.4) is 0 Å². The first-order valence-electron chi connectivity index (χ1n) is 6.98. The van der Waals surface area contributed by atoms with Crippen molar-refractivity contribution in [1.82, 2.24) is 19.9 Å². The van der Waals surface area contributed by atoms with E-state index in [-0.39, 0.29) is 18.0 Å². The van der Waals surface area contributed by atoms with Crippen molar-refractivity contribution >= 4 is 11.9 Å². The maximum absolute atomic E-state index is 5.69. The van der Waals surface area contributed by atoms with Crippen molar-refractivity contribution in [3.05, 3.63) is 0 Å². The lowest BCUT2D eigenvalue weighted by atomic mass is 10.0. The molecule has 1 atom stereocenters. The minimum absolute atomic E-state index is 0.168. The van der Waals surface area contributed by atoms with Crippen LogP contribution in [0.25, 0.3) is 0 Å². The Morgan fingerprint density at radius 3 is 2.50 bits per heavy atom. The lowest BCUT2D eigenvalue weighted by molar-refractivity contribution is 0.291. The van der Waals surface area contributed by atoms with E-state index in [4.69, 9.17) is 10.5 Å². The zero-order chi connectivity index (χ0) is 15.1. The Morgan fingerprint density at radius 2 is 1.95 bits per heavy atom. The van der Waals surface area contributed by atoms with E-state index in [9.17, 15) is 0 Å². The minimum Gasteiger partial charge on any atom is -0.463 e. The summed E-state index contributed by atoms with van der Waals surface area (Å²) >= 11 is 0. The highest BCUT2D eigenvalue weighted by Crippen LogP contribution is 2.13. The van der Waals surface area contributed by atoms with Gasteiger partial charge in [-0.15, -0.1) is 0 Å². The van der Waals surface area contributed by atoms with Gasteiger partial charge in [0.05, 0.1) is 6.61 Å². The van der Waals surface area contributed by atoms with Gasteiger partial charge in [0.25, 0.3) is 0 Å². The van der Waals surface area contributed by atoms with Crippen LogP contribution in [-0.4, -0.2) is 53.1 Å². The number of nitrogens with one attached hydrogen (secondary N) is 1. The van der Waals surface area contributed by atoms with Gasteiger partial charge < -0.3 is 20.7 Å². The highest BCUT2D eigenvalue weighted by molar-refractivity contribution is 5.33. The molecule has 0 saturated heterocycles. The van der Waals surface area contributed by atoms with Crippen LogP contribution >= 0.6 is 0 Å². The molecule has 114 valence electrons. The van der Waals surface area contributed by atoms with Crippen molar-refractivity contribution in [2.45, 2.75) is 33.2 Å². The number of likely N-dealkylation sites (N-methyl/N-ethyl adjacent to an activating group) is 1. The third kappa shape index (κ3) is 5.56. The number of ether oxygens (including phenoxy) is 1. The predicted octanol–water partition coefficient (Wildman–Crippen LogP) is 1.24. The van der Waals surface area contributed by atoms with Crippen LogP contribution in [0.1, 0.15) is 27.2 Å². The van der Waals surface area contributed by atoms with Gasteiger partial charge in [0.2, 0.25) is 11.9 Å². The Bertz CT molecular complexity index is 410. The van der Waals surface area contributed by atoms with Crippen molar-refractivity contribution in [3.63, 3.8) is 0 Å². The zero-order valence-corrected chi connectivity index (χ0v) is 13.1. The highest BCUT2D eigenvalue weighted by atomic mass is 16.5. The normalized spacial score (nSPS) is 12.8. The maximum Gasteiger partial charge on any atom is 0.323 e. The molecule has 1 heterocycles. The van der Waals surface area contributed by atoms with E-state index >= 15 is 0 Å². The predicted molar refractivity (Wildman–Crippen MR) is 80.8 cm³/mol. The van der Waals surface area contributed by atoms with Crippen LogP contribution in [0.4, 0.5) is 11.9 Å². The molecule has 20 heavy (non-hydrogen) atoms. The van der Waals surface area contributed by atoms with Crippen LogP contribution in [0, 0.1) is 5.92 Å². The summed E-state index contributed by atoms with van der Waals surface area (Å²) in [6.07, 6.45) is 0.892. The Kier molecular flexibility index (Phi) is 6.44. The fraction of sp³-hybridized carbons (Fsp3) is 0.769. The van der Waals surface area contributed by atoms with Crippen LogP contribution < -0.4 is 15.8 Å². The Labute approximate surface area is 121 Å². The topological polar surface area (TPSA) is 89.2 Å². The van der Waals surface area contributed by atoms with Gasteiger partial charge in [-0.25, -0.2) is 0 Å². The van der Waals surface area contributed by atoms with Crippen molar-refractivity contribution < 1.29 is 4.74 Å². The average Bonchev–Trinajstić information content (AvgIpc) is 2.34. The lowest BCUT2D eigenvalue weighted by Gasteiger charge is -2.25. The van der Waals surface area contributed by atoms with Gasteiger partial charge in [-0.1, -0.05) is 20.8 Å². The van der Waals surface area contributed by atoms with Gasteiger partial charge in [0.15, 0.2) is 0 Å². The standard InChI is InChI=1S/C13H26N6O/c1-6-7-20-13-17-11(14)16-12(18-13)15-10(9(2)3)8-19(4)5/h9-10H,6-8H2,1-5H3,(H3,14,15,16,17,18). The van der Waals surface area contributed by atoms with E-state index in [0.717, 1.165) is 13.0 Å². The second kappa shape index (κ2) is 7.84. The number of aromatic nitrogens is 3. The SMILES string of the molecule is CCCOc1nc(N)nc(NC(CN(C)C)C(C)C)n1. The first-order valence-corrected chi connectivity index (χ1v) is 6.98. The average molecular weight is 282 g/mol. The largest absolute Gasteiger partial charge is 0.463 e. The molecule has 0 aliphatic rings. The Morgan fingerprint density at radius 1 is 1.25 bits per heavy atom. The zero-order valence-electron chi connectivity index (χ0n) is 13.1. The third-order valence-electron chi connectivity index (χ3n) is 2.75. The summed E-state index contributed by atoms with van der Waals surface area (Å²) < 4.78 is 5.41. The molecule has 1 rings (SSSR count). The van der Waals surface area contributed by atoms with Crippen LogP contribution in [0.5, 0.6) is 6.01 Å². The molecular weight excluding hydrogens is 256 g/mol. The van der Waals surface area contributed by atoms with E-state index in [0.29, 0.717) is 18.5 Å². The lowest BCUT2D eigenvalue weighted by Crippen LogP contribution is -2.37. The fourth-order valence-electron chi connectivity index (χ4n) is 1.68. The molecule has 0 fully saturated rings. The number of hydrogen-bond acceptors (Lipinski definition) is 7. The molecule has 1 aromatic rings. The number of rotatable bonds is 8. The molecule has 0 amide bonds.